The fourth-order valence-corrected chi connectivity index (χ4v) is 2.63. The Bertz CT molecular complexity index is 511. The van der Waals surface area contributed by atoms with Crippen molar-refractivity contribution >= 4 is 31.8 Å². The van der Waals surface area contributed by atoms with Crippen LogP contribution in [0.25, 0.3) is 0 Å². The van der Waals surface area contributed by atoms with Crippen molar-refractivity contribution in [3.8, 4) is 0 Å². The summed E-state index contributed by atoms with van der Waals surface area (Å²) in [6, 6.07) is 4.68. The van der Waals surface area contributed by atoms with E-state index in [0.29, 0.717) is 4.47 Å². The molecule has 9 heteroatoms. The van der Waals surface area contributed by atoms with Crippen molar-refractivity contribution in [2.45, 2.75) is 13.1 Å². The molecule has 0 aliphatic heterocycles. The number of aryl methyl sites for hydroxylation is 1. The van der Waals surface area contributed by atoms with Gasteiger partial charge in [0.05, 0.1) is 5.69 Å². The third-order valence-electron chi connectivity index (χ3n) is 1.76. The van der Waals surface area contributed by atoms with Crippen LogP contribution in [0.5, 0.6) is 0 Å². The van der Waals surface area contributed by atoms with E-state index in [2.05, 4.69) is 15.9 Å². The van der Waals surface area contributed by atoms with E-state index in [1.165, 1.54) is 16.9 Å². The standard InChI is InChI=1S/C9H10BrF3N2O2S/c1-6-2-7(10)4-8(3-6)15-18(16,17)14-5-9(11,12)13/h2-4,14-15H,5H2,1H3. The van der Waals surface area contributed by atoms with Gasteiger partial charge >= 0.3 is 6.18 Å². The second-order valence-electron chi connectivity index (χ2n) is 3.56. The Kier molecular flexibility index (Phi) is 4.62. The molecule has 18 heavy (non-hydrogen) atoms. The molecule has 0 bridgehead atoms. The molecule has 0 amide bonds. The molecule has 102 valence electrons. The highest BCUT2D eigenvalue weighted by Crippen LogP contribution is 2.20. The lowest BCUT2D eigenvalue weighted by Crippen LogP contribution is -2.37. The topological polar surface area (TPSA) is 58.2 Å². The van der Waals surface area contributed by atoms with Crippen LogP contribution < -0.4 is 9.44 Å². The zero-order valence-corrected chi connectivity index (χ0v) is 11.6. The maximum Gasteiger partial charge on any atom is 0.402 e. The van der Waals surface area contributed by atoms with E-state index in [0.717, 1.165) is 5.56 Å². The summed E-state index contributed by atoms with van der Waals surface area (Å²) in [5, 5.41) is 0. The van der Waals surface area contributed by atoms with Gasteiger partial charge in [0.15, 0.2) is 0 Å². The maximum atomic E-state index is 11.9. The van der Waals surface area contributed by atoms with Gasteiger partial charge in [0.1, 0.15) is 6.54 Å². The predicted molar refractivity (Wildman–Crippen MR) is 65.5 cm³/mol. The summed E-state index contributed by atoms with van der Waals surface area (Å²) >= 11 is 3.16. The molecule has 0 saturated heterocycles. The van der Waals surface area contributed by atoms with Crippen LogP contribution in [0.2, 0.25) is 0 Å². The van der Waals surface area contributed by atoms with Gasteiger partial charge in [-0.15, -0.1) is 0 Å². The summed E-state index contributed by atoms with van der Waals surface area (Å²) in [7, 11) is -4.24. The highest BCUT2D eigenvalue weighted by atomic mass is 79.9. The third kappa shape index (κ3) is 5.69. The van der Waals surface area contributed by atoms with Gasteiger partial charge in [0.2, 0.25) is 0 Å². The quantitative estimate of drug-likeness (QED) is 0.880. The first-order chi connectivity index (χ1) is 8.07. The normalized spacial score (nSPS) is 12.5. The van der Waals surface area contributed by atoms with Crippen molar-refractivity contribution in [1.82, 2.24) is 4.72 Å². The van der Waals surface area contributed by atoms with Crippen molar-refractivity contribution in [3.63, 3.8) is 0 Å². The number of benzene rings is 1. The zero-order chi connectivity index (χ0) is 14.0. The maximum absolute atomic E-state index is 11.9. The Morgan fingerprint density at radius 3 is 2.39 bits per heavy atom. The molecule has 1 aromatic rings. The van der Waals surface area contributed by atoms with E-state index >= 15 is 0 Å². The highest BCUT2D eigenvalue weighted by Gasteiger charge is 2.29. The van der Waals surface area contributed by atoms with Crippen LogP contribution in [0.3, 0.4) is 0 Å². The van der Waals surface area contributed by atoms with Crippen LogP contribution in [-0.2, 0) is 10.2 Å². The van der Waals surface area contributed by atoms with Gasteiger partial charge in [0.25, 0.3) is 10.2 Å². The number of halogens is 4. The molecule has 0 fully saturated rings. The fraction of sp³-hybridized carbons (Fsp3) is 0.333. The van der Waals surface area contributed by atoms with Crippen LogP contribution in [0.1, 0.15) is 5.56 Å². The minimum absolute atomic E-state index is 0.177. The second kappa shape index (κ2) is 5.45. The van der Waals surface area contributed by atoms with Crippen molar-refractivity contribution < 1.29 is 21.6 Å². The van der Waals surface area contributed by atoms with E-state index in [-0.39, 0.29) is 5.69 Å². The van der Waals surface area contributed by atoms with Gasteiger partial charge in [-0.05, 0) is 30.7 Å². The Balaban J connectivity index is 2.76. The minimum Gasteiger partial charge on any atom is -0.271 e. The summed E-state index contributed by atoms with van der Waals surface area (Å²) in [6.07, 6.45) is -4.60. The molecule has 0 aliphatic rings. The molecule has 0 aliphatic carbocycles. The minimum atomic E-state index is -4.60. The Morgan fingerprint density at radius 2 is 1.89 bits per heavy atom. The Labute approximate surface area is 111 Å². The lowest BCUT2D eigenvalue weighted by Gasteiger charge is -2.11. The van der Waals surface area contributed by atoms with Crippen molar-refractivity contribution in [2.75, 3.05) is 11.3 Å². The molecule has 0 radical (unpaired) electrons. The van der Waals surface area contributed by atoms with Gasteiger partial charge in [-0.3, -0.25) is 4.72 Å². The Morgan fingerprint density at radius 1 is 1.28 bits per heavy atom. The van der Waals surface area contributed by atoms with Crippen LogP contribution >= 0.6 is 15.9 Å². The summed E-state index contributed by atoms with van der Waals surface area (Å²) < 4.78 is 62.4. The van der Waals surface area contributed by atoms with Crippen LogP contribution in [-0.4, -0.2) is 21.1 Å². The molecule has 0 unspecified atom stereocenters. The van der Waals surface area contributed by atoms with E-state index < -0.39 is 22.9 Å². The number of hydrogen-bond acceptors (Lipinski definition) is 2. The highest BCUT2D eigenvalue weighted by molar-refractivity contribution is 9.10. The molecule has 0 saturated carbocycles. The van der Waals surface area contributed by atoms with E-state index in [1.54, 1.807) is 13.0 Å². The predicted octanol–water partition coefficient (Wildman–Crippen LogP) is 2.57. The monoisotopic (exact) mass is 346 g/mol. The molecule has 1 rings (SSSR count). The molecule has 0 atom stereocenters. The summed E-state index contributed by atoms with van der Waals surface area (Å²) in [5.41, 5.74) is 0.939. The first-order valence-corrected chi connectivity index (χ1v) is 6.96. The smallest absolute Gasteiger partial charge is 0.271 e. The lowest BCUT2D eigenvalue weighted by atomic mass is 10.2. The fourth-order valence-electron chi connectivity index (χ4n) is 1.16. The van der Waals surface area contributed by atoms with Crippen LogP contribution in [0, 0.1) is 6.92 Å². The molecular weight excluding hydrogens is 337 g/mol. The average Bonchev–Trinajstić information content (AvgIpc) is 2.11. The van der Waals surface area contributed by atoms with Crippen LogP contribution in [0.4, 0.5) is 18.9 Å². The van der Waals surface area contributed by atoms with Gasteiger partial charge < -0.3 is 0 Å². The largest absolute Gasteiger partial charge is 0.402 e. The third-order valence-corrected chi connectivity index (χ3v) is 3.24. The summed E-state index contributed by atoms with van der Waals surface area (Å²) in [4.78, 5) is 0. The van der Waals surface area contributed by atoms with Crippen molar-refractivity contribution in [2.24, 2.45) is 0 Å². The first kappa shape index (κ1) is 15.3. The number of anilines is 1. The van der Waals surface area contributed by atoms with Crippen molar-refractivity contribution in [3.05, 3.63) is 28.2 Å². The number of alkyl halides is 3. The molecule has 4 nitrogen and oxygen atoms in total. The van der Waals surface area contributed by atoms with E-state index in [9.17, 15) is 21.6 Å². The van der Waals surface area contributed by atoms with E-state index in [1.807, 2.05) is 4.72 Å². The van der Waals surface area contributed by atoms with Crippen molar-refractivity contribution in [1.29, 1.82) is 0 Å². The average molecular weight is 347 g/mol. The van der Waals surface area contributed by atoms with Crippen LogP contribution in [0.15, 0.2) is 22.7 Å². The second-order valence-corrected chi connectivity index (χ2v) is 5.97. The van der Waals surface area contributed by atoms with Gasteiger partial charge in [0, 0.05) is 4.47 Å². The van der Waals surface area contributed by atoms with Gasteiger partial charge in [-0.1, -0.05) is 15.9 Å². The number of hydrogen-bond donors (Lipinski definition) is 2. The first-order valence-electron chi connectivity index (χ1n) is 4.69. The zero-order valence-electron chi connectivity index (χ0n) is 9.18. The molecule has 0 heterocycles. The molecule has 1 aromatic carbocycles. The molecule has 0 spiro atoms. The SMILES string of the molecule is Cc1cc(Br)cc(NS(=O)(=O)NCC(F)(F)F)c1. The Hall–Kier alpha value is -0.800. The molecule has 2 N–H and O–H groups in total. The molecule has 0 aromatic heterocycles. The number of nitrogens with one attached hydrogen (secondary N) is 2. The van der Waals surface area contributed by atoms with Gasteiger partial charge in [-0.2, -0.15) is 26.3 Å². The molecular formula is C9H10BrF3N2O2S. The summed E-state index contributed by atoms with van der Waals surface area (Å²) in [5.74, 6) is 0. The number of rotatable bonds is 4. The van der Waals surface area contributed by atoms with Gasteiger partial charge in [-0.25, -0.2) is 0 Å². The lowest BCUT2D eigenvalue weighted by molar-refractivity contribution is -0.121. The summed E-state index contributed by atoms with van der Waals surface area (Å²) in [6.45, 7) is 0.112. The van der Waals surface area contributed by atoms with E-state index in [4.69, 9.17) is 0 Å².